The van der Waals surface area contributed by atoms with Gasteiger partial charge in [0.25, 0.3) is 0 Å². The van der Waals surface area contributed by atoms with Gasteiger partial charge in [0.1, 0.15) is 12.1 Å². The summed E-state index contributed by atoms with van der Waals surface area (Å²) in [4.78, 5) is 15.3. The number of aryl methyl sites for hydroxylation is 1. The Morgan fingerprint density at radius 3 is 3.05 bits per heavy atom. The number of anilines is 1. The number of hydrogen-bond acceptors (Lipinski definition) is 5. The Kier molecular flexibility index (Phi) is 2.70. The molecule has 0 atom stereocenters. The molecule has 1 aliphatic rings. The van der Waals surface area contributed by atoms with Gasteiger partial charge in [0.05, 0.1) is 16.5 Å². The highest BCUT2D eigenvalue weighted by Crippen LogP contribution is 2.34. The van der Waals surface area contributed by atoms with Crippen molar-refractivity contribution in [2.24, 2.45) is 5.92 Å². The SMILES string of the molecule is Cc1csc2c(N3CC(Cn4ccnc4)C3)ncnc12. The summed E-state index contributed by atoms with van der Waals surface area (Å²) < 4.78 is 3.36. The van der Waals surface area contributed by atoms with Gasteiger partial charge in [0.15, 0.2) is 0 Å². The fraction of sp³-hybridized carbons (Fsp3) is 0.357. The molecule has 1 fully saturated rings. The highest BCUT2D eigenvalue weighted by atomic mass is 32.1. The molecule has 0 spiro atoms. The third kappa shape index (κ3) is 1.87. The zero-order valence-electron chi connectivity index (χ0n) is 11.2. The van der Waals surface area contributed by atoms with Crippen LogP contribution in [0.5, 0.6) is 0 Å². The quantitative estimate of drug-likeness (QED) is 0.741. The molecule has 1 aliphatic heterocycles. The molecule has 3 aromatic rings. The van der Waals surface area contributed by atoms with E-state index in [0.717, 1.165) is 31.0 Å². The van der Waals surface area contributed by atoms with Crippen molar-refractivity contribution < 1.29 is 0 Å². The first kappa shape index (κ1) is 11.8. The lowest BCUT2D eigenvalue weighted by Crippen LogP contribution is -2.48. The largest absolute Gasteiger partial charge is 0.354 e. The molecule has 102 valence electrons. The van der Waals surface area contributed by atoms with Gasteiger partial charge in [-0.25, -0.2) is 15.0 Å². The predicted octanol–water partition coefficient (Wildman–Crippen LogP) is 2.33. The van der Waals surface area contributed by atoms with E-state index in [2.05, 4.69) is 36.7 Å². The lowest BCUT2D eigenvalue weighted by atomic mass is 10.00. The zero-order valence-corrected chi connectivity index (χ0v) is 12.0. The minimum absolute atomic E-state index is 0.676. The topological polar surface area (TPSA) is 46.8 Å². The van der Waals surface area contributed by atoms with Crippen LogP contribution >= 0.6 is 11.3 Å². The van der Waals surface area contributed by atoms with Crippen LogP contribution in [0.4, 0.5) is 5.82 Å². The molecule has 0 unspecified atom stereocenters. The second-order valence-corrected chi connectivity index (χ2v) is 6.20. The van der Waals surface area contributed by atoms with Crippen molar-refractivity contribution in [1.29, 1.82) is 0 Å². The predicted molar refractivity (Wildman–Crippen MR) is 80.1 cm³/mol. The first-order valence-electron chi connectivity index (χ1n) is 6.71. The maximum atomic E-state index is 4.48. The van der Waals surface area contributed by atoms with E-state index in [-0.39, 0.29) is 0 Å². The Morgan fingerprint density at radius 1 is 1.35 bits per heavy atom. The highest BCUT2D eigenvalue weighted by molar-refractivity contribution is 7.18. The summed E-state index contributed by atoms with van der Waals surface area (Å²) in [5.41, 5.74) is 2.34. The van der Waals surface area contributed by atoms with E-state index in [0.29, 0.717) is 5.92 Å². The summed E-state index contributed by atoms with van der Waals surface area (Å²) in [5.74, 6) is 1.77. The van der Waals surface area contributed by atoms with Gasteiger partial charge in [-0.2, -0.15) is 0 Å². The van der Waals surface area contributed by atoms with Crippen LogP contribution in [0.3, 0.4) is 0 Å². The highest BCUT2D eigenvalue weighted by Gasteiger charge is 2.29. The third-order valence-electron chi connectivity index (χ3n) is 3.80. The Labute approximate surface area is 120 Å². The van der Waals surface area contributed by atoms with Crippen molar-refractivity contribution in [1.82, 2.24) is 19.5 Å². The molecule has 0 N–H and O–H groups in total. The van der Waals surface area contributed by atoms with Gasteiger partial charge in [-0.05, 0) is 17.9 Å². The summed E-state index contributed by atoms with van der Waals surface area (Å²) in [5, 5.41) is 2.16. The van der Waals surface area contributed by atoms with Crippen LogP contribution in [-0.4, -0.2) is 32.6 Å². The zero-order chi connectivity index (χ0) is 13.5. The van der Waals surface area contributed by atoms with Crippen molar-refractivity contribution in [2.45, 2.75) is 13.5 Å². The van der Waals surface area contributed by atoms with Crippen LogP contribution < -0.4 is 4.90 Å². The number of hydrogen-bond donors (Lipinski definition) is 0. The maximum absolute atomic E-state index is 4.48. The Balaban J connectivity index is 1.52. The van der Waals surface area contributed by atoms with Crippen molar-refractivity contribution in [3.05, 3.63) is 36.0 Å². The number of thiophene rings is 1. The van der Waals surface area contributed by atoms with Crippen LogP contribution in [0.1, 0.15) is 5.56 Å². The van der Waals surface area contributed by atoms with Gasteiger partial charge >= 0.3 is 0 Å². The Hall–Kier alpha value is -1.95. The molecule has 6 heteroatoms. The Morgan fingerprint density at radius 2 is 2.25 bits per heavy atom. The standard InChI is InChI=1S/C14H15N5S/c1-10-7-20-13-12(10)16-8-17-14(13)19-5-11(6-19)4-18-3-2-15-9-18/h2-3,7-9,11H,4-6H2,1H3. The van der Waals surface area contributed by atoms with Gasteiger partial charge in [-0.15, -0.1) is 11.3 Å². The second-order valence-electron chi connectivity index (χ2n) is 5.32. The van der Waals surface area contributed by atoms with Crippen LogP contribution in [-0.2, 0) is 6.54 Å². The van der Waals surface area contributed by atoms with E-state index in [1.54, 1.807) is 17.7 Å². The van der Waals surface area contributed by atoms with Gasteiger partial charge < -0.3 is 9.47 Å². The first-order chi connectivity index (χ1) is 9.81. The van der Waals surface area contributed by atoms with Crippen LogP contribution in [0, 0.1) is 12.8 Å². The number of imidazole rings is 1. The second kappa shape index (κ2) is 4.56. The summed E-state index contributed by atoms with van der Waals surface area (Å²) in [7, 11) is 0. The smallest absolute Gasteiger partial charge is 0.150 e. The lowest BCUT2D eigenvalue weighted by Gasteiger charge is -2.40. The van der Waals surface area contributed by atoms with Gasteiger partial charge in [-0.1, -0.05) is 0 Å². The van der Waals surface area contributed by atoms with E-state index in [9.17, 15) is 0 Å². The number of aromatic nitrogens is 4. The first-order valence-corrected chi connectivity index (χ1v) is 7.58. The van der Waals surface area contributed by atoms with Crippen LogP contribution in [0.25, 0.3) is 10.2 Å². The van der Waals surface area contributed by atoms with Crippen molar-refractivity contribution in [2.75, 3.05) is 18.0 Å². The summed E-state index contributed by atoms with van der Waals surface area (Å²) >= 11 is 1.74. The molecule has 5 nitrogen and oxygen atoms in total. The maximum Gasteiger partial charge on any atom is 0.150 e. The molecular weight excluding hydrogens is 270 g/mol. The van der Waals surface area contributed by atoms with Crippen molar-refractivity contribution in [3.8, 4) is 0 Å². The molecule has 3 aromatic heterocycles. The number of rotatable bonds is 3. The minimum Gasteiger partial charge on any atom is -0.354 e. The van der Waals surface area contributed by atoms with Gasteiger partial charge in [-0.3, -0.25) is 0 Å². The normalized spacial score (nSPS) is 15.8. The van der Waals surface area contributed by atoms with Gasteiger partial charge in [0.2, 0.25) is 0 Å². The van der Waals surface area contributed by atoms with E-state index in [1.807, 2.05) is 18.7 Å². The molecule has 4 heterocycles. The van der Waals surface area contributed by atoms with E-state index < -0.39 is 0 Å². The molecular formula is C14H15N5S. The molecule has 0 saturated carbocycles. The molecule has 4 rings (SSSR count). The molecule has 0 aromatic carbocycles. The van der Waals surface area contributed by atoms with Crippen LogP contribution in [0.15, 0.2) is 30.4 Å². The lowest BCUT2D eigenvalue weighted by molar-refractivity contribution is 0.356. The number of nitrogens with zero attached hydrogens (tertiary/aromatic N) is 5. The van der Waals surface area contributed by atoms with E-state index >= 15 is 0 Å². The summed E-state index contributed by atoms with van der Waals surface area (Å²) in [6.07, 6.45) is 7.42. The molecule has 0 bridgehead atoms. The van der Waals surface area contributed by atoms with Gasteiger partial charge in [0, 0.05) is 37.9 Å². The molecule has 20 heavy (non-hydrogen) atoms. The fourth-order valence-corrected chi connectivity index (χ4v) is 3.75. The minimum atomic E-state index is 0.676. The average Bonchev–Trinajstić information content (AvgIpc) is 3.04. The fourth-order valence-electron chi connectivity index (χ4n) is 2.73. The molecule has 1 saturated heterocycles. The van der Waals surface area contributed by atoms with E-state index in [4.69, 9.17) is 0 Å². The monoisotopic (exact) mass is 285 g/mol. The third-order valence-corrected chi connectivity index (χ3v) is 4.88. The Bertz CT molecular complexity index is 727. The molecule has 0 radical (unpaired) electrons. The summed E-state index contributed by atoms with van der Waals surface area (Å²) in [6.45, 7) is 5.25. The number of fused-ring (bicyclic) bond motifs is 1. The average molecular weight is 285 g/mol. The molecule has 0 aliphatic carbocycles. The van der Waals surface area contributed by atoms with Crippen molar-refractivity contribution >= 4 is 27.4 Å². The van der Waals surface area contributed by atoms with E-state index in [1.165, 1.54) is 10.3 Å². The van der Waals surface area contributed by atoms with Crippen LogP contribution in [0.2, 0.25) is 0 Å². The summed E-state index contributed by atoms with van der Waals surface area (Å²) in [6, 6.07) is 0. The van der Waals surface area contributed by atoms with Crippen molar-refractivity contribution in [3.63, 3.8) is 0 Å². The molecule has 0 amide bonds.